The largest absolute Gasteiger partial charge is 0.436 e. The number of benzene rings is 1. The number of anilines is 3. The van der Waals surface area contributed by atoms with Crippen LogP contribution in [0.4, 0.5) is 17.3 Å². The van der Waals surface area contributed by atoms with Crippen LogP contribution in [0.2, 0.25) is 0 Å². The monoisotopic (exact) mass is 376 g/mol. The van der Waals surface area contributed by atoms with Gasteiger partial charge in [-0.3, -0.25) is 0 Å². The van der Waals surface area contributed by atoms with Crippen LogP contribution in [-0.2, 0) is 4.74 Å². The van der Waals surface area contributed by atoms with Crippen LogP contribution in [0.3, 0.4) is 0 Å². The number of aromatic nitrogens is 3. The average Bonchev–Trinajstić information content (AvgIpc) is 3.16. The van der Waals surface area contributed by atoms with Gasteiger partial charge in [0.15, 0.2) is 5.58 Å². The summed E-state index contributed by atoms with van der Waals surface area (Å²) in [6.45, 7) is 3.24. The molecule has 1 saturated heterocycles. The van der Waals surface area contributed by atoms with Gasteiger partial charge in [-0.1, -0.05) is 0 Å². The number of rotatable bonds is 3. The molecule has 0 aliphatic carbocycles. The first-order valence-electron chi connectivity index (χ1n) is 9.18. The van der Waals surface area contributed by atoms with Gasteiger partial charge in [0, 0.05) is 49.0 Å². The zero-order chi connectivity index (χ0) is 19.1. The zero-order valence-electron chi connectivity index (χ0n) is 15.5. The van der Waals surface area contributed by atoms with Crippen molar-refractivity contribution < 1.29 is 9.15 Å². The molecule has 1 fully saturated rings. The molecule has 0 amide bonds. The fourth-order valence-electron chi connectivity index (χ4n) is 3.57. The number of nitrogens with one attached hydrogen (secondary N) is 1. The molecule has 1 aliphatic rings. The van der Waals surface area contributed by atoms with E-state index in [0.29, 0.717) is 11.7 Å². The Morgan fingerprint density at radius 1 is 1.07 bits per heavy atom. The number of pyridine rings is 2. The first-order chi connectivity index (χ1) is 13.7. The second-order valence-corrected chi connectivity index (χ2v) is 6.70. The van der Waals surface area contributed by atoms with Crippen molar-refractivity contribution in [2.45, 2.75) is 0 Å². The van der Waals surface area contributed by atoms with Crippen molar-refractivity contribution in [2.24, 2.45) is 0 Å². The van der Waals surface area contributed by atoms with Crippen LogP contribution in [-0.4, -0.2) is 48.3 Å². The van der Waals surface area contributed by atoms with Gasteiger partial charge in [-0.2, -0.15) is 0 Å². The van der Waals surface area contributed by atoms with Gasteiger partial charge in [0.2, 0.25) is 5.89 Å². The molecular weight excluding hydrogens is 356 g/mol. The molecule has 0 saturated carbocycles. The van der Waals surface area contributed by atoms with E-state index in [4.69, 9.17) is 19.9 Å². The molecule has 4 aromatic rings. The van der Waals surface area contributed by atoms with Crippen LogP contribution in [0.5, 0.6) is 0 Å². The van der Waals surface area contributed by atoms with Crippen LogP contribution < -0.4 is 16.0 Å². The lowest BCUT2D eigenvalue weighted by molar-refractivity contribution is 0.122. The van der Waals surface area contributed by atoms with Crippen molar-refractivity contribution in [3.05, 3.63) is 36.7 Å². The molecule has 5 rings (SSSR count). The topological polar surface area (TPSA) is 102 Å². The van der Waals surface area contributed by atoms with Gasteiger partial charge < -0.3 is 25.1 Å². The highest BCUT2D eigenvalue weighted by Gasteiger charge is 2.17. The van der Waals surface area contributed by atoms with E-state index in [1.807, 2.05) is 19.2 Å². The van der Waals surface area contributed by atoms with Gasteiger partial charge in [-0.15, -0.1) is 0 Å². The molecule has 0 radical (unpaired) electrons. The molecule has 0 atom stereocenters. The van der Waals surface area contributed by atoms with Crippen LogP contribution in [0.25, 0.3) is 33.3 Å². The Labute approximate surface area is 161 Å². The standard InChI is InChI=1S/C20H20N6O2/c1-22-19-14-10-23-18(21)9-13(14)15(11-24-19)20-25-16-8-12(2-3-17(16)28-20)26-4-6-27-7-5-26/h2-3,8-11H,4-7H2,1H3,(H2,21,23)(H,22,24). The highest BCUT2D eigenvalue weighted by molar-refractivity contribution is 6.01. The van der Waals surface area contributed by atoms with E-state index in [1.54, 1.807) is 12.4 Å². The minimum atomic E-state index is 0.438. The molecule has 3 N–H and O–H groups in total. The Morgan fingerprint density at radius 3 is 2.75 bits per heavy atom. The van der Waals surface area contributed by atoms with Crippen molar-refractivity contribution in [2.75, 3.05) is 49.3 Å². The summed E-state index contributed by atoms with van der Waals surface area (Å²) in [4.78, 5) is 15.7. The smallest absolute Gasteiger partial charge is 0.229 e. The van der Waals surface area contributed by atoms with Gasteiger partial charge in [0.1, 0.15) is 17.2 Å². The third-order valence-corrected chi connectivity index (χ3v) is 5.01. The molecule has 1 aromatic carbocycles. The Hall–Kier alpha value is -3.39. The van der Waals surface area contributed by atoms with Crippen molar-refractivity contribution in [1.82, 2.24) is 15.0 Å². The second kappa shape index (κ2) is 6.65. The number of fused-ring (bicyclic) bond motifs is 2. The van der Waals surface area contributed by atoms with E-state index in [2.05, 4.69) is 32.3 Å². The normalized spacial score (nSPS) is 14.7. The molecule has 4 heterocycles. The Balaban J connectivity index is 1.62. The molecule has 8 nitrogen and oxygen atoms in total. The highest BCUT2D eigenvalue weighted by Crippen LogP contribution is 2.34. The summed E-state index contributed by atoms with van der Waals surface area (Å²) >= 11 is 0. The fraction of sp³-hybridized carbons (Fsp3) is 0.250. The molecule has 1 aliphatic heterocycles. The maximum absolute atomic E-state index is 6.04. The lowest BCUT2D eigenvalue weighted by atomic mass is 10.1. The third kappa shape index (κ3) is 2.78. The number of morpholine rings is 1. The Kier molecular flexibility index (Phi) is 3.98. The summed E-state index contributed by atoms with van der Waals surface area (Å²) in [7, 11) is 1.82. The predicted octanol–water partition coefficient (Wildman–Crippen LogP) is 2.90. The Morgan fingerprint density at radius 2 is 1.93 bits per heavy atom. The molecule has 3 aromatic heterocycles. The number of nitrogens with zero attached hydrogens (tertiary/aromatic N) is 4. The minimum absolute atomic E-state index is 0.438. The Bertz CT molecular complexity index is 1170. The first kappa shape index (κ1) is 16.8. The quantitative estimate of drug-likeness (QED) is 0.563. The number of oxazole rings is 1. The lowest BCUT2D eigenvalue weighted by Crippen LogP contribution is -2.36. The van der Waals surface area contributed by atoms with Crippen LogP contribution in [0.15, 0.2) is 41.1 Å². The fourth-order valence-corrected chi connectivity index (χ4v) is 3.57. The molecule has 28 heavy (non-hydrogen) atoms. The van der Waals surface area contributed by atoms with Crippen LogP contribution >= 0.6 is 0 Å². The van der Waals surface area contributed by atoms with Crippen molar-refractivity contribution in [3.63, 3.8) is 0 Å². The molecular formula is C20H20N6O2. The van der Waals surface area contributed by atoms with Gasteiger partial charge in [0.25, 0.3) is 0 Å². The first-order valence-corrected chi connectivity index (χ1v) is 9.18. The van der Waals surface area contributed by atoms with Crippen molar-refractivity contribution in [1.29, 1.82) is 0 Å². The maximum Gasteiger partial charge on any atom is 0.229 e. The number of ether oxygens (including phenoxy) is 1. The van der Waals surface area contributed by atoms with E-state index in [0.717, 1.165) is 65.2 Å². The van der Waals surface area contributed by atoms with E-state index >= 15 is 0 Å². The number of nitrogens with two attached hydrogens (primary N) is 1. The van der Waals surface area contributed by atoms with Crippen molar-refractivity contribution in [3.8, 4) is 11.5 Å². The number of nitrogen functional groups attached to an aromatic ring is 1. The average molecular weight is 376 g/mol. The molecule has 8 heteroatoms. The summed E-state index contributed by atoms with van der Waals surface area (Å²) in [6, 6.07) is 7.90. The van der Waals surface area contributed by atoms with E-state index in [9.17, 15) is 0 Å². The zero-order valence-corrected chi connectivity index (χ0v) is 15.5. The van der Waals surface area contributed by atoms with Gasteiger partial charge in [-0.05, 0) is 24.3 Å². The molecule has 142 valence electrons. The summed E-state index contributed by atoms with van der Waals surface area (Å²) in [6.07, 6.45) is 3.47. The van der Waals surface area contributed by atoms with Gasteiger partial charge in [-0.25, -0.2) is 15.0 Å². The highest BCUT2D eigenvalue weighted by atomic mass is 16.5. The summed E-state index contributed by atoms with van der Waals surface area (Å²) in [5, 5.41) is 4.84. The predicted molar refractivity (Wildman–Crippen MR) is 110 cm³/mol. The summed E-state index contributed by atoms with van der Waals surface area (Å²) in [5.41, 5.74) is 9.38. The van der Waals surface area contributed by atoms with E-state index in [1.165, 1.54) is 0 Å². The summed E-state index contributed by atoms with van der Waals surface area (Å²) in [5.74, 6) is 1.68. The minimum Gasteiger partial charge on any atom is -0.436 e. The second-order valence-electron chi connectivity index (χ2n) is 6.70. The molecule has 0 bridgehead atoms. The SMILES string of the molecule is CNc1ncc(-c2nc3cc(N4CCOCC4)ccc3o2)c2cc(N)ncc12. The molecule has 0 spiro atoms. The number of hydrogen-bond acceptors (Lipinski definition) is 8. The van der Waals surface area contributed by atoms with Crippen molar-refractivity contribution >= 4 is 39.2 Å². The summed E-state index contributed by atoms with van der Waals surface area (Å²) < 4.78 is 11.5. The third-order valence-electron chi connectivity index (χ3n) is 5.01. The maximum atomic E-state index is 6.04. The van der Waals surface area contributed by atoms with Gasteiger partial charge in [0.05, 0.1) is 18.8 Å². The van der Waals surface area contributed by atoms with E-state index < -0.39 is 0 Å². The number of hydrogen-bond donors (Lipinski definition) is 2. The van der Waals surface area contributed by atoms with Crippen LogP contribution in [0.1, 0.15) is 0 Å². The van der Waals surface area contributed by atoms with Crippen LogP contribution in [0, 0.1) is 0 Å². The lowest BCUT2D eigenvalue weighted by Gasteiger charge is -2.28. The molecule has 0 unspecified atom stereocenters. The van der Waals surface area contributed by atoms with Gasteiger partial charge >= 0.3 is 0 Å². The van der Waals surface area contributed by atoms with E-state index in [-0.39, 0.29) is 0 Å².